The van der Waals surface area contributed by atoms with Crippen molar-refractivity contribution >= 4 is 17.2 Å². The number of amides is 1. The summed E-state index contributed by atoms with van der Waals surface area (Å²) in [6.45, 7) is 3.61. The first-order chi connectivity index (χ1) is 8.76. The molecule has 1 amide bonds. The molecule has 1 aliphatic heterocycles. The van der Waals surface area contributed by atoms with E-state index >= 15 is 0 Å². The van der Waals surface area contributed by atoms with E-state index in [1.807, 2.05) is 6.92 Å². The number of hydrogen-bond acceptors (Lipinski definition) is 5. The fourth-order valence-electron chi connectivity index (χ4n) is 1.99. The molecule has 100 valence electrons. The number of aliphatic hydroxyl groups excluding tert-OH is 1. The molecule has 1 atom stereocenters. The maximum atomic E-state index is 12.1. The number of nitrogens with zero attached hydrogens (tertiary/aromatic N) is 2. The minimum absolute atomic E-state index is 0.0169. The van der Waals surface area contributed by atoms with E-state index in [4.69, 9.17) is 9.84 Å². The lowest BCUT2D eigenvalue weighted by atomic mass is 10.2. The van der Waals surface area contributed by atoms with Crippen molar-refractivity contribution in [2.45, 2.75) is 25.9 Å². The fraction of sp³-hybridized carbons (Fsp3) is 0.667. The van der Waals surface area contributed by atoms with Crippen molar-refractivity contribution in [2.24, 2.45) is 0 Å². The van der Waals surface area contributed by atoms with E-state index in [1.54, 1.807) is 11.1 Å². The first kappa shape index (κ1) is 13.5. The minimum atomic E-state index is -0.0618. The van der Waals surface area contributed by atoms with Crippen LogP contribution in [0.15, 0.2) is 6.20 Å². The topological polar surface area (TPSA) is 62.7 Å². The van der Waals surface area contributed by atoms with Crippen LogP contribution >= 0.6 is 11.3 Å². The fourth-order valence-corrected chi connectivity index (χ4v) is 2.96. The van der Waals surface area contributed by atoms with Crippen molar-refractivity contribution in [2.75, 3.05) is 26.3 Å². The first-order valence-corrected chi connectivity index (χ1v) is 7.05. The predicted molar refractivity (Wildman–Crippen MR) is 68.7 cm³/mol. The van der Waals surface area contributed by atoms with Gasteiger partial charge in [0.15, 0.2) is 0 Å². The molecule has 1 fully saturated rings. The van der Waals surface area contributed by atoms with E-state index in [1.165, 1.54) is 11.3 Å². The zero-order valence-corrected chi connectivity index (χ0v) is 11.3. The van der Waals surface area contributed by atoms with Gasteiger partial charge in [-0.05, 0) is 19.8 Å². The van der Waals surface area contributed by atoms with Crippen LogP contribution in [0, 0.1) is 0 Å². The number of rotatable bonds is 5. The zero-order valence-electron chi connectivity index (χ0n) is 10.5. The van der Waals surface area contributed by atoms with Gasteiger partial charge < -0.3 is 14.7 Å². The summed E-state index contributed by atoms with van der Waals surface area (Å²) in [5, 5.41) is 9.80. The van der Waals surface area contributed by atoms with Crippen LogP contribution in [0.25, 0.3) is 0 Å². The lowest BCUT2D eigenvalue weighted by Gasteiger charge is -2.18. The molecule has 1 saturated heterocycles. The van der Waals surface area contributed by atoms with Crippen LogP contribution < -0.4 is 0 Å². The number of carbonyl (C=O) groups is 1. The summed E-state index contributed by atoms with van der Waals surface area (Å²) < 4.78 is 5.55. The van der Waals surface area contributed by atoms with Gasteiger partial charge in [-0.1, -0.05) is 0 Å². The summed E-state index contributed by atoms with van der Waals surface area (Å²) in [6.07, 6.45) is 3.71. The van der Waals surface area contributed by atoms with Crippen molar-refractivity contribution in [3.8, 4) is 0 Å². The smallest absolute Gasteiger partial charge is 0.265 e. The molecule has 0 aliphatic carbocycles. The molecular formula is C12H18N2O3S. The van der Waals surface area contributed by atoms with E-state index in [0.29, 0.717) is 18.0 Å². The summed E-state index contributed by atoms with van der Waals surface area (Å²) >= 11 is 1.40. The van der Waals surface area contributed by atoms with Crippen LogP contribution in [-0.4, -0.2) is 47.2 Å². The van der Waals surface area contributed by atoms with Crippen molar-refractivity contribution in [1.29, 1.82) is 0 Å². The second kappa shape index (κ2) is 6.26. The second-order valence-electron chi connectivity index (χ2n) is 4.17. The summed E-state index contributed by atoms with van der Waals surface area (Å²) in [5.41, 5.74) is 0. The first-order valence-electron chi connectivity index (χ1n) is 6.23. The SMILES string of the molecule is CCN(CCO)C(=O)c1cnc(C2CCCO2)s1. The Kier molecular flexibility index (Phi) is 4.68. The molecule has 0 radical (unpaired) electrons. The Balaban J connectivity index is 2.06. The number of aromatic nitrogens is 1. The summed E-state index contributed by atoms with van der Waals surface area (Å²) in [6, 6.07) is 0. The summed E-state index contributed by atoms with van der Waals surface area (Å²) in [7, 11) is 0. The Morgan fingerprint density at radius 3 is 3.17 bits per heavy atom. The van der Waals surface area contributed by atoms with Crippen LogP contribution in [-0.2, 0) is 4.74 Å². The molecule has 18 heavy (non-hydrogen) atoms. The molecule has 0 aromatic carbocycles. The maximum Gasteiger partial charge on any atom is 0.265 e. The summed E-state index contributed by atoms with van der Waals surface area (Å²) in [4.78, 5) is 18.7. The van der Waals surface area contributed by atoms with Gasteiger partial charge in [-0.25, -0.2) is 4.98 Å². The van der Waals surface area contributed by atoms with E-state index in [-0.39, 0.29) is 18.6 Å². The van der Waals surface area contributed by atoms with E-state index in [9.17, 15) is 4.79 Å². The lowest BCUT2D eigenvalue weighted by Crippen LogP contribution is -2.32. The predicted octanol–water partition coefficient (Wildman–Crippen LogP) is 1.45. The third-order valence-electron chi connectivity index (χ3n) is 2.98. The Labute approximate surface area is 110 Å². The molecule has 6 heteroatoms. The molecule has 2 heterocycles. The molecule has 0 saturated carbocycles. The highest BCUT2D eigenvalue weighted by Gasteiger charge is 2.23. The Bertz CT molecular complexity index is 402. The van der Waals surface area contributed by atoms with Crippen LogP contribution in [0.1, 0.15) is 40.5 Å². The normalized spacial score (nSPS) is 19.1. The van der Waals surface area contributed by atoms with Gasteiger partial charge in [-0.15, -0.1) is 11.3 Å². The minimum Gasteiger partial charge on any atom is -0.395 e. The Morgan fingerprint density at radius 1 is 1.72 bits per heavy atom. The Morgan fingerprint density at radius 2 is 2.56 bits per heavy atom. The number of carbonyl (C=O) groups excluding carboxylic acids is 1. The molecule has 0 bridgehead atoms. The standard InChI is InChI=1S/C12H18N2O3S/c1-2-14(5-6-15)12(16)10-8-13-11(18-10)9-4-3-7-17-9/h8-9,15H,2-7H2,1H3. The molecule has 1 N–H and O–H groups in total. The molecule has 1 aromatic heterocycles. The van der Waals surface area contributed by atoms with Gasteiger partial charge in [0.1, 0.15) is 16.0 Å². The maximum absolute atomic E-state index is 12.1. The molecule has 1 aliphatic rings. The lowest BCUT2D eigenvalue weighted by molar-refractivity contribution is 0.0736. The molecule has 2 rings (SSSR count). The van der Waals surface area contributed by atoms with Gasteiger partial charge in [0.2, 0.25) is 0 Å². The van der Waals surface area contributed by atoms with E-state index < -0.39 is 0 Å². The largest absolute Gasteiger partial charge is 0.395 e. The van der Waals surface area contributed by atoms with Crippen molar-refractivity contribution in [3.05, 3.63) is 16.1 Å². The highest BCUT2D eigenvalue weighted by atomic mass is 32.1. The second-order valence-corrected chi connectivity index (χ2v) is 5.24. The van der Waals surface area contributed by atoms with Gasteiger partial charge in [0, 0.05) is 19.7 Å². The van der Waals surface area contributed by atoms with Crippen LogP contribution in [0.3, 0.4) is 0 Å². The third-order valence-corrected chi connectivity index (χ3v) is 4.06. The van der Waals surface area contributed by atoms with Crippen LogP contribution in [0.4, 0.5) is 0 Å². The molecule has 5 nitrogen and oxygen atoms in total. The molecule has 1 aromatic rings. The monoisotopic (exact) mass is 270 g/mol. The van der Waals surface area contributed by atoms with Crippen molar-refractivity contribution < 1.29 is 14.6 Å². The number of thiazole rings is 1. The zero-order chi connectivity index (χ0) is 13.0. The van der Waals surface area contributed by atoms with Crippen molar-refractivity contribution in [3.63, 3.8) is 0 Å². The van der Waals surface area contributed by atoms with Gasteiger partial charge in [0.05, 0.1) is 12.8 Å². The molecule has 1 unspecified atom stereocenters. The quantitative estimate of drug-likeness (QED) is 0.879. The van der Waals surface area contributed by atoms with Crippen molar-refractivity contribution in [1.82, 2.24) is 9.88 Å². The summed E-state index contributed by atoms with van der Waals surface area (Å²) in [5.74, 6) is -0.0618. The number of ether oxygens (including phenoxy) is 1. The van der Waals surface area contributed by atoms with Gasteiger partial charge in [0.25, 0.3) is 5.91 Å². The third kappa shape index (κ3) is 2.88. The molecular weight excluding hydrogens is 252 g/mol. The average molecular weight is 270 g/mol. The van der Waals surface area contributed by atoms with Crippen LogP contribution in [0.2, 0.25) is 0 Å². The number of likely N-dealkylation sites (N-methyl/N-ethyl adjacent to an activating group) is 1. The highest BCUT2D eigenvalue weighted by Crippen LogP contribution is 2.31. The van der Waals surface area contributed by atoms with Gasteiger partial charge in [-0.2, -0.15) is 0 Å². The van der Waals surface area contributed by atoms with Gasteiger partial charge in [-0.3, -0.25) is 4.79 Å². The highest BCUT2D eigenvalue weighted by molar-refractivity contribution is 7.13. The number of hydrogen-bond donors (Lipinski definition) is 1. The Hall–Kier alpha value is -0.980. The average Bonchev–Trinajstić information content (AvgIpc) is 3.04. The van der Waals surface area contributed by atoms with Gasteiger partial charge >= 0.3 is 0 Å². The molecule has 0 spiro atoms. The van der Waals surface area contributed by atoms with E-state index in [2.05, 4.69) is 4.98 Å². The van der Waals surface area contributed by atoms with Crippen LogP contribution in [0.5, 0.6) is 0 Å². The number of aliphatic hydroxyl groups is 1. The van der Waals surface area contributed by atoms with E-state index in [0.717, 1.165) is 24.5 Å².